The molecule has 0 rings (SSSR count). The second-order valence-electron chi connectivity index (χ2n) is 2.15. The molecule has 0 saturated carbocycles. The molecular weight excluding hydrogens is 124 g/mol. The number of aldehydes is 1. The van der Waals surface area contributed by atoms with E-state index in [2.05, 4.69) is 6.58 Å². The number of hydrogen-bond acceptors (Lipinski definition) is 1. The van der Waals surface area contributed by atoms with Crippen LogP contribution in [0.5, 0.6) is 0 Å². The summed E-state index contributed by atoms with van der Waals surface area (Å²) >= 11 is 0. The van der Waals surface area contributed by atoms with Crippen LogP contribution in [0.1, 0.15) is 13.8 Å². The lowest BCUT2D eigenvalue weighted by atomic mass is 10.2. The molecule has 1 heteroatoms. The summed E-state index contributed by atoms with van der Waals surface area (Å²) in [6.07, 6.45) is 6.20. The van der Waals surface area contributed by atoms with E-state index < -0.39 is 0 Å². The summed E-state index contributed by atoms with van der Waals surface area (Å²) < 4.78 is 0. The molecule has 1 nitrogen and oxygen atoms in total. The van der Waals surface area contributed by atoms with Gasteiger partial charge in [-0.3, -0.25) is 4.79 Å². The fraction of sp³-hybridized carbons (Fsp3) is 0.222. The van der Waals surface area contributed by atoms with Gasteiger partial charge >= 0.3 is 0 Å². The second kappa shape index (κ2) is 4.74. The maximum atomic E-state index is 10.1. The minimum atomic E-state index is 0.732. The molecule has 0 aromatic rings. The van der Waals surface area contributed by atoms with Gasteiger partial charge in [0.2, 0.25) is 0 Å². The van der Waals surface area contributed by atoms with Crippen LogP contribution in [-0.2, 0) is 4.79 Å². The van der Waals surface area contributed by atoms with Gasteiger partial charge < -0.3 is 0 Å². The first-order valence-electron chi connectivity index (χ1n) is 3.13. The van der Waals surface area contributed by atoms with Crippen LogP contribution in [0.15, 0.2) is 36.0 Å². The van der Waals surface area contributed by atoms with Crippen molar-refractivity contribution in [1.82, 2.24) is 0 Å². The van der Waals surface area contributed by atoms with Crippen molar-refractivity contribution >= 4 is 6.29 Å². The van der Waals surface area contributed by atoms with E-state index in [0.717, 1.165) is 17.4 Å². The molecule has 54 valence electrons. The lowest BCUT2D eigenvalue weighted by molar-refractivity contribution is -0.104. The average molecular weight is 136 g/mol. The third-order valence-electron chi connectivity index (χ3n) is 1.02. The van der Waals surface area contributed by atoms with Crippen molar-refractivity contribution in [2.75, 3.05) is 0 Å². The molecule has 0 spiro atoms. The van der Waals surface area contributed by atoms with Crippen LogP contribution in [0.25, 0.3) is 0 Å². The molecule has 0 unspecified atom stereocenters. The summed E-state index contributed by atoms with van der Waals surface area (Å²) in [7, 11) is 0. The van der Waals surface area contributed by atoms with Gasteiger partial charge in [-0.25, -0.2) is 0 Å². The van der Waals surface area contributed by atoms with Gasteiger partial charge in [0.25, 0.3) is 0 Å². The summed E-state index contributed by atoms with van der Waals surface area (Å²) in [4.78, 5) is 10.1. The van der Waals surface area contributed by atoms with E-state index in [1.54, 1.807) is 13.0 Å². The Morgan fingerprint density at radius 3 is 2.30 bits per heavy atom. The average Bonchev–Trinajstić information content (AvgIpc) is 1.88. The van der Waals surface area contributed by atoms with Crippen LogP contribution in [-0.4, -0.2) is 6.29 Å². The maximum absolute atomic E-state index is 10.1. The highest BCUT2D eigenvalue weighted by Crippen LogP contribution is 1.98. The Kier molecular flexibility index (Phi) is 4.21. The fourth-order valence-corrected chi connectivity index (χ4v) is 0.627. The molecule has 0 fully saturated rings. The van der Waals surface area contributed by atoms with E-state index in [4.69, 9.17) is 0 Å². The van der Waals surface area contributed by atoms with Crippen molar-refractivity contribution in [2.24, 2.45) is 0 Å². The van der Waals surface area contributed by atoms with Crippen LogP contribution >= 0.6 is 0 Å². The van der Waals surface area contributed by atoms with Crippen LogP contribution < -0.4 is 0 Å². The Hall–Kier alpha value is -1.11. The molecule has 0 heterocycles. The standard InChI is InChI=1S/C9H12O/c1-4-5-8(2)6-9(3)7-10/h4-7H,1H2,2-3H3/b8-5+,9-6+. The predicted molar refractivity (Wildman–Crippen MR) is 43.8 cm³/mol. The van der Waals surface area contributed by atoms with Crippen molar-refractivity contribution in [3.8, 4) is 0 Å². The molecule has 0 aliphatic rings. The van der Waals surface area contributed by atoms with Crippen molar-refractivity contribution < 1.29 is 4.79 Å². The molecule has 0 aromatic heterocycles. The second-order valence-corrected chi connectivity index (χ2v) is 2.15. The first-order chi connectivity index (χ1) is 4.70. The SMILES string of the molecule is C=C/C=C(C)/C=C(\C)C=O. The van der Waals surface area contributed by atoms with Gasteiger partial charge in [0, 0.05) is 0 Å². The van der Waals surface area contributed by atoms with Crippen LogP contribution in [0.4, 0.5) is 0 Å². The lowest BCUT2D eigenvalue weighted by Crippen LogP contribution is -1.76. The Bertz CT molecular complexity index is 185. The summed E-state index contributed by atoms with van der Waals surface area (Å²) in [5, 5.41) is 0. The van der Waals surface area contributed by atoms with E-state index in [-0.39, 0.29) is 0 Å². The van der Waals surface area contributed by atoms with Gasteiger partial charge in [-0.15, -0.1) is 0 Å². The van der Waals surface area contributed by atoms with Crippen LogP contribution in [0.2, 0.25) is 0 Å². The van der Waals surface area contributed by atoms with Gasteiger partial charge in [0.1, 0.15) is 6.29 Å². The van der Waals surface area contributed by atoms with Gasteiger partial charge in [-0.2, -0.15) is 0 Å². The first-order valence-corrected chi connectivity index (χ1v) is 3.13. The van der Waals surface area contributed by atoms with Crippen molar-refractivity contribution in [1.29, 1.82) is 0 Å². The third-order valence-corrected chi connectivity index (χ3v) is 1.02. The van der Waals surface area contributed by atoms with Crippen molar-refractivity contribution in [2.45, 2.75) is 13.8 Å². The monoisotopic (exact) mass is 136 g/mol. The smallest absolute Gasteiger partial charge is 0.145 e. The molecule has 0 atom stereocenters. The topological polar surface area (TPSA) is 17.1 Å². The molecule has 10 heavy (non-hydrogen) atoms. The summed E-state index contributed by atoms with van der Waals surface area (Å²) in [5.41, 5.74) is 1.77. The van der Waals surface area contributed by atoms with E-state index in [0.29, 0.717) is 0 Å². The summed E-state index contributed by atoms with van der Waals surface area (Å²) in [6, 6.07) is 0. The predicted octanol–water partition coefficient (Wildman–Crippen LogP) is 2.26. The minimum absolute atomic E-state index is 0.732. The zero-order valence-corrected chi connectivity index (χ0v) is 6.42. The largest absolute Gasteiger partial charge is 0.298 e. The number of carbonyl (C=O) groups excluding carboxylic acids is 1. The molecule has 0 amide bonds. The van der Waals surface area contributed by atoms with E-state index in [1.165, 1.54) is 0 Å². The fourth-order valence-electron chi connectivity index (χ4n) is 0.627. The summed E-state index contributed by atoms with van der Waals surface area (Å²) in [6.45, 7) is 7.24. The molecule has 0 aromatic carbocycles. The molecule has 0 bridgehead atoms. The molecule has 0 aliphatic carbocycles. The molecule has 0 saturated heterocycles. The zero-order chi connectivity index (χ0) is 7.98. The third kappa shape index (κ3) is 3.84. The number of rotatable bonds is 3. The Labute approximate surface area is 61.8 Å². The zero-order valence-electron chi connectivity index (χ0n) is 6.42. The van der Waals surface area contributed by atoms with Crippen LogP contribution in [0, 0.1) is 0 Å². The van der Waals surface area contributed by atoms with Crippen molar-refractivity contribution in [3.05, 3.63) is 36.0 Å². The van der Waals surface area contributed by atoms with Crippen molar-refractivity contribution in [3.63, 3.8) is 0 Å². The maximum Gasteiger partial charge on any atom is 0.145 e. The molecular formula is C9H12O. The lowest BCUT2D eigenvalue weighted by Gasteiger charge is -1.88. The Morgan fingerprint density at radius 2 is 1.90 bits per heavy atom. The first kappa shape index (κ1) is 8.89. The number of allylic oxidation sites excluding steroid dienone is 5. The highest BCUT2D eigenvalue weighted by molar-refractivity contribution is 5.73. The van der Waals surface area contributed by atoms with E-state index in [1.807, 2.05) is 19.1 Å². The number of hydrogen-bond donors (Lipinski definition) is 0. The van der Waals surface area contributed by atoms with Gasteiger partial charge in [0.05, 0.1) is 0 Å². The van der Waals surface area contributed by atoms with Gasteiger partial charge in [-0.05, 0) is 19.4 Å². The minimum Gasteiger partial charge on any atom is -0.298 e. The Balaban J connectivity index is 4.24. The van der Waals surface area contributed by atoms with E-state index in [9.17, 15) is 4.79 Å². The highest BCUT2D eigenvalue weighted by Gasteiger charge is 1.83. The normalized spacial score (nSPS) is 13.0. The summed E-state index contributed by atoms with van der Waals surface area (Å²) in [5.74, 6) is 0. The Morgan fingerprint density at radius 1 is 1.30 bits per heavy atom. The molecule has 0 radical (unpaired) electrons. The quantitative estimate of drug-likeness (QED) is 0.330. The van der Waals surface area contributed by atoms with E-state index >= 15 is 0 Å². The molecule has 0 N–H and O–H groups in total. The van der Waals surface area contributed by atoms with Crippen LogP contribution in [0.3, 0.4) is 0 Å². The van der Waals surface area contributed by atoms with Gasteiger partial charge in [0.15, 0.2) is 0 Å². The number of carbonyl (C=O) groups is 1. The molecule has 0 aliphatic heterocycles. The highest BCUT2D eigenvalue weighted by atomic mass is 16.1. The van der Waals surface area contributed by atoms with Gasteiger partial charge in [-0.1, -0.05) is 30.4 Å².